The van der Waals surface area contributed by atoms with E-state index in [0.717, 1.165) is 18.8 Å². The zero-order valence-corrected chi connectivity index (χ0v) is 13.8. The Balaban J connectivity index is 0. The lowest BCUT2D eigenvalue weighted by molar-refractivity contribution is 0.565. The lowest BCUT2D eigenvalue weighted by atomic mass is 9.95. The fourth-order valence-corrected chi connectivity index (χ4v) is 1.40. The second kappa shape index (κ2) is 12.9. The van der Waals surface area contributed by atoms with Crippen molar-refractivity contribution in [3.05, 3.63) is 30.2 Å². The Morgan fingerprint density at radius 3 is 1.89 bits per heavy atom. The SMILES string of the molecule is CCC(C)C/C=C(\CC=C(C)C)C(C)C.[CH2]CC. The van der Waals surface area contributed by atoms with Gasteiger partial charge in [0, 0.05) is 0 Å². The van der Waals surface area contributed by atoms with Crippen molar-refractivity contribution in [3.63, 3.8) is 0 Å². The van der Waals surface area contributed by atoms with Gasteiger partial charge in [-0.2, -0.15) is 0 Å². The van der Waals surface area contributed by atoms with Gasteiger partial charge in [-0.3, -0.25) is 0 Å². The van der Waals surface area contributed by atoms with Crippen LogP contribution < -0.4 is 0 Å². The van der Waals surface area contributed by atoms with Crippen LogP contribution in [0.2, 0.25) is 0 Å². The van der Waals surface area contributed by atoms with Crippen LogP contribution >= 0.6 is 0 Å². The van der Waals surface area contributed by atoms with E-state index in [4.69, 9.17) is 0 Å². The van der Waals surface area contributed by atoms with Crippen LogP contribution in [0.25, 0.3) is 0 Å². The molecule has 0 aromatic carbocycles. The van der Waals surface area contributed by atoms with Crippen LogP contribution in [0.5, 0.6) is 0 Å². The molecule has 0 saturated heterocycles. The van der Waals surface area contributed by atoms with Gasteiger partial charge < -0.3 is 0 Å². The Morgan fingerprint density at radius 1 is 1.06 bits per heavy atom. The van der Waals surface area contributed by atoms with Crippen molar-refractivity contribution in [2.75, 3.05) is 0 Å². The van der Waals surface area contributed by atoms with Gasteiger partial charge in [0.05, 0.1) is 0 Å². The zero-order valence-electron chi connectivity index (χ0n) is 13.8. The van der Waals surface area contributed by atoms with Crippen molar-refractivity contribution in [1.29, 1.82) is 0 Å². The maximum absolute atomic E-state index is 3.49. The van der Waals surface area contributed by atoms with E-state index >= 15 is 0 Å². The Kier molecular flexibility index (Phi) is 14.2. The van der Waals surface area contributed by atoms with Crippen LogP contribution in [0.1, 0.15) is 74.1 Å². The van der Waals surface area contributed by atoms with Crippen LogP contribution in [0.15, 0.2) is 23.3 Å². The molecule has 0 heterocycles. The summed E-state index contributed by atoms with van der Waals surface area (Å²) in [5.74, 6) is 1.51. The molecular weight excluding hydrogens is 216 g/mol. The second-order valence-corrected chi connectivity index (χ2v) is 5.67. The zero-order chi connectivity index (χ0) is 14.6. The van der Waals surface area contributed by atoms with Gasteiger partial charge in [-0.15, -0.1) is 0 Å². The Bertz CT molecular complexity index is 226. The highest BCUT2D eigenvalue weighted by atomic mass is 14.1. The summed E-state index contributed by atoms with van der Waals surface area (Å²) in [6.07, 6.45) is 9.45. The first kappa shape index (κ1) is 19.8. The van der Waals surface area contributed by atoms with E-state index in [1.165, 1.54) is 18.4 Å². The van der Waals surface area contributed by atoms with E-state index in [9.17, 15) is 0 Å². The molecule has 0 rings (SSSR count). The van der Waals surface area contributed by atoms with E-state index in [0.29, 0.717) is 5.92 Å². The summed E-state index contributed by atoms with van der Waals surface area (Å²) in [5, 5.41) is 0. The van der Waals surface area contributed by atoms with Crippen molar-refractivity contribution in [2.24, 2.45) is 11.8 Å². The molecule has 0 saturated carbocycles. The summed E-state index contributed by atoms with van der Waals surface area (Å²) in [4.78, 5) is 0. The Hall–Kier alpha value is -0.520. The molecule has 1 atom stereocenters. The molecule has 0 N–H and O–H groups in total. The van der Waals surface area contributed by atoms with Gasteiger partial charge in [-0.25, -0.2) is 0 Å². The largest absolute Gasteiger partial charge is 0.0845 e. The van der Waals surface area contributed by atoms with E-state index < -0.39 is 0 Å². The van der Waals surface area contributed by atoms with Gasteiger partial charge in [0.15, 0.2) is 0 Å². The molecular formula is C18H35. The fraction of sp³-hybridized carbons (Fsp3) is 0.722. The van der Waals surface area contributed by atoms with Crippen molar-refractivity contribution in [3.8, 4) is 0 Å². The second-order valence-electron chi connectivity index (χ2n) is 5.67. The van der Waals surface area contributed by atoms with Gasteiger partial charge in [0.2, 0.25) is 0 Å². The van der Waals surface area contributed by atoms with Crippen molar-refractivity contribution < 1.29 is 0 Å². The first-order chi connectivity index (χ1) is 8.38. The monoisotopic (exact) mass is 251 g/mol. The molecule has 18 heavy (non-hydrogen) atoms. The molecule has 0 aromatic rings. The minimum absolute atomic E-state index is 0.685. The van der Waals surface area contributed by atoms with Crippen LogP contribution in [0, 0.1) is 18.8 Å². The quantitative estimate of drug-likeness (QED) is 0.467. The minimum Gasteiger partial charge on any atom is -0.0845 e. The fourth-order valence-electron chi connectivity index (χ4n) is 1.40. The molecule has 0 aromatic heterocycles. The number of rotatable bonds is 6. The molecule has 0 aliphatic rings. The molecule has 0 bridgehead atoms. The van der Waals surface area contributed by atoms with Gasteiger partial charge in [0.25, 0.3) is 0 Å². The molecule has 0 nitrogen and oxygen atoms in total. The normalized spacial score (nSPS) is 12.8. The molecule has 107 valence electrons. The van der Waals surface area contributed by atoms with Gasteiger partial charge in [-0.05, 0) is 38.5 Å². The maximum atomic E-state index is 3.49. The molecule has 1 unspecified atom stereocenters. The average Bonchev–Trinajstić information content (AvgIpc) is 2.28. The topological polar surface area (TPSA) is 0 Å². The Morgan fingerprint density at radius 2 is 1.56 bits per heavy atom. The van der Waals surface area contributed by atoms with Crippen LogP contribution in [-0.2, 0) is 0 Å². The minimum atomic E-state index is 0.685. The van der Waals surface area contributed by atoms with Crippen LogP contribution in [-0.4, -0.2) is 0 Å². The van der Waals surface area contributed by atoms with Gasteiger partial charge >= 0.3 is 0 Å². The average molecular weight is 251 g/mol. The standard InChI is InChI=1S/C15H28.C3H7/c1-7-14(6)9-11-15(13(4)5)10-8-12(2)3;1-3-2/h8,11,13-14H,7,9-10H2,1-6H3;1,3H2,2H3/b15-11+;. The summed E-state index contributed by atoms with van der Waals surface area (Å²) in [5.41, 5.74) is 3.02. The van der Waals surface area contributed by atoms with Gasteiger partial charge in [-0.1, -0.05) is 77.7 Å². The third-order valence-electron chi connectivity index (χ3n) is 2.97. The summed E-state index contributed by atoms with van der Waals surface area (Å²) in [6, 6.07) is 0. The third kappa shape index (κ3) is 13.5. The summed E-state index contributed by atoms with van der Waals surface area (Å²) in [7, 11) is 0. The molecule has 0 amide bonds. The first-order valence-electron chi connectivity index (χ1n) is 7.50. The lowest BCUT2D eigenvalue weighted by Gasteiger charge is -2.11. The number of allylic oxidation sites excluding steroid dienone is 4. The van der Waals surface area contributed by atoms with Crippen LogP contribution in [0.4, 0.5) is 0 Å². The number of hydrogen-bond acceptors (Lipinski definition) is 0. The van der Waals surface area contributed by atoms with E-state index in [-0.39, 0.29) is 0 Å². The summed E-state index contributed by atoms with van der Waals surface area (Å²) in [6.45, 7) is 19.0. The smallest absolute Gasteiger partial charge is 0.0134 e. The Labute approximate surface area is 117 Å². The third-order valence-corrected chi connectivity index (χ3v) is 2.97. The van der Waals surface area contributed by atoms with Crippen molar-refractivity contribution >= 4 is 0 Å². The molecule has 0 aliphatic heterocycles. The van der Waals surface area contributed by atoms with E-state index in [2.05, 4.69) is 60.6 Å². The van der Waals surface area contributed by atoms with Crippen LogP contribution in [0.3, 0.4) is 0 Å². The van der Waals surface area contributed by atoms with E-state index in [1.807, 2.05) is 6.92 Å². The van der Waals surface area contributed by atoms with Crippen molar-refractivity contribution in [2.45, 2.75) is 74.1 Å². The summed E-state index contributed by atoms with van der Waals surface area (Å²) < 4.78 is 0. The number of hydrogen-bond donors (Lipinski definition) is 0. The first-order valence-corrected chi connectivity index (χ1v) is 7.50. The predicted molar refractivity (Wildman–Crippen MR) is 86.7 cm³/mol. The highest BCUT2D eigenvalue weighted by molar-refractivity contribution is 5.12. The molecule has 0 aliphatic carbocycles. The lowest BCUT2D eigenvalue weighted by Crippen LogP contribution is -1.96. The highest BCUT2D eigenvalue weighted by Crippen LogP contribution is 2.19. The maximum Gasteiger partial charge on any atom is -0.0134 e. The summed E-state index contributed by atoms with van der Waals surface area (Å²) >= 11 is 0. The van der Waals surface area contributed by atoms with Crippen molar-refractivity contribution in [1.82, 2.24) is 0 Å². The van der Waals surface area contributed by atoms with Gasteiger partial charge in [0.1, 0.15) is 0 Å². The van der Waals surface area contributed by atoms with E-state index in [1.54, 1.807) is 5.57 Å². The highest BCUT2D eigenvalue weighted by Gasteiger charge is 2.03. The predicted octanol–water partition coefficient (Wildman–Crippen LogP) is 6.59. The molecule has 0 spiro atoms. The molecule has 0 heteroatoms. The molecule has 1 radical (unpaired) electrons. The molecule has 0 fully saturated rings.